The standard InChI is InChI=1S/C12H14ClN/c1-3-9-14-12(4-2)10-7-5-6-8-11(10)13/h2,5-8,12,14H,3,9H2,1H3. The molecule has 1 N–H and O–H groups in total. The van der Waals surface area contributed by atoms with Crippen molar-refractivity contribution in [2.24, 2.45) is 0 Å². The predicted molar refractivity (Wildman–Crippen MR) is 61.3 cm³/mol. The summed E-state index contributed by atoms with van der Waals surface area (Å²) in [6, 6.07) is 7.58. The van der Waals surface area contributed by atoms with Crippen LogP contribution in [0.3, 0.4) is 0 Å². The Kier molecular flexibility index (Phi) is 4.52. The lowest BCUT2D eigenvalue weighted by atomic mass is 10.1. The Morgan fingerprint density at radius 2 is 2.21 bits per heavy atom. The highest BCUT2D eigenvalue weighted by molar-refractivity contribution is 6.31. The number of hydrogen-bond donors (Lipinski definition) is 1. The van der Waals surface area contributed by atoms with Crippen molar-refractivity contribution in [1.82, 2.24) is 5.32 Å². The highest BCUT2D eigenvalue weighted by Crippen LogP contribution is 2.21. The van der Waals surface area contributed by atoms with Gasteiger partial charge in [0.2, 0.25) is 0 Å². The van der Waals surface area contributed by atoms with Crippen molar-refractivity contribution in [3.05, 3.63) is 34.9 Å². The smallest absolute Gasteiger partial charge is 0.0957 e. The maximum atomic E-state index is 6.04. The first-order valence-corrected chi connectivity index (χ1v) is 5.11. The van der Waals surface area contributed by atoms with Crippen LogP contribution in [0.2, 0.25) is 5.02 Å². The number of rotatable bonds is 4. The van der Waals surface area contributed by atoms with E-state index in [2.05, 4.69) is 18.2 Å². The molecule has 0 aliphatic rings. The lowest BCUT2D eigenvalue weighted by Crippen LogP contribution is -2.20. The van der Waals surface area contributed by atoms with Gasteiger partial charge in [-0.05, 0) is 24.6 Å². The fourth-order valence-corrected chi connectivity index (χ4v) is 1.50. The molecule has 1 aromatic rings. The second-order valence-electron chi connectivity index (χ2n) is 3.08. The van der Waals surface area contributed by atoms with Crippen LogP contribution in [0.1, 0.15) is 24.9 Å². The van der Waals surface area contributed by atoms with Crippen LogP contribution in [-0.4, -0.2) is 6.54 Å². The molecule has 0 aliphatic carbocycles. The van der Waals surface area contributed by atoms with E-state index in [9.17, 15) is 0 Å². The molecular formula is C12H14ClN. The van der Waals surface area contributed by atoms with Gasteiger partial charge >= 0.3 is 0 Å². The van der Waals surface area contributed by atoms with Crippen molar-refractivity contribution >= 4 is 11.6 Å². The molecule has 1 atom stereocenters. The summed E-state index contributed by atoms with van der Waals surface area (Å²) < 4.78 is 0. The zero-order valence-electron chi connectivity index (χ0n) is 8.26. The molecule has 0 amide bonds. The summed E-state index contributed by atoms with van der Waals surface area (Å²) in [6.45, 7) is 3.01. The van der Waals surface area contributed by atoms with Crippen molar-refractivity contribution in [3.63, 3.8) is 0 Å². The molecule has 0 spiro atoms. The molecule has 0 saturated heterocycles. The van der Waals surface area contributed by atoms with Crippen LogP contribution in [0.5, 0.6) is 0 Å². The Hall–Kier alpha value is -0.970. The summed E-state index contributed by atoms with van der Waals surface area (Å²) in [5.74, 6) is 2.70. The van der Waals surface area contributed by atoms with Crippen molar-refractivity contribution in [2.75, 3.05) is 6.54 Å². The predicted octanol–water partition coefficient (Wildman–Crippen LogP) is 3.01. The molecule has 1 rings (SSSR count). The van der Waals surface area contributed by atoms with Gasteiger partial charge in [0.05, 0.1) is 6.04 Å². The molecule has 0 fully saturated rings. The molecule has 0 aliphatic heterocycles. The minimum atomic E-state index is -0.0800. The molecule has 0 aromatic heterocycles. The Labute approximate surface area is 90.5 Å². The van der Waals surface area contributed by atoms with Gasteiger partial charge in [-0.2, -0.15) is 0 Å². The molecule has 1 nitrogen and oxygen atoms in total. The van der Waals surface area contributed by atoms with Crippen molar-refractivity contribution < 1.29 is 0 Å². The lowest BCUT2D eigenvalue weighted by Gasteiger charge is -2.13. The molecule has 0 heterocycles. The third-order valence-electron chi connectivity index (χ3n) is 1.98. The molecule has 0 bridgehead atoms. The first-order valence-electron chi connectivity index (χ1n) is 4.73. The maximum Gasteiger partial charge on any atom is 0.0957 e. The molecule has 0 radical (unpaired) electrons. The summed E-state index contributed by atoms with van der Waals surface area (Å²) in [7, 11) is 0. The van der Waals surface area contributed by atoms with E-state index in [1.807, 2.05) is 24.3 Å². The normalized spacial score (nSPS) is 12.1. The number of terminal acetylenes is 1. The van der Waals surface area contributed by atoms with Gasteiger partial charge in [0.1, 0.15) is 0 Å². The second kappa shape index (κ2) is 5.70. The van der Waals surface area contributed by atoms with Gasteiger partial charge in [0.15, 0.2) is 0 Å². The topological polar surface area (TPSA) is 12.0 Å². The van der Waals surface area contributed by atoms with Gasteiger partial charge in [-0.3, -0.25) is 5.32 Å². The van der Waals surface area contributed by atoms with Crippen LogP contribution < -0.4 is 5.32 Å². The van der Waals surface area contributed by atoms with E-state index >= 15 is 0 Å². The Morgan fingerprint density at radius 3 is 2.79 bits per heavy atom. The highest BCUT2D eigenvalue weighted by Gasteiger charge is 2.09. The third kappa shape index (κ3) is 2.77. The fraction of sp³-hybridized carbons (Fsp3) is 0.333. The van der Waals surface area contributed by atoms with E-state index in [1.165, 1.54) is 0 Å². The SMILES string of the molecule is C#CC(NCCC)c1ccccc1Cl. The van der Waals surface area contributed by atoms with Gasteiger partial charge in [0.25, 0.3) is 0 Å². The number of benzene rings is 1. The van der Waals surface area contributed by atoms with Crippen LogP contribution in [0.15, 0.2) is 24.3 Å². The molecular weight excluding hydrogens is 194 g/mol. The van der Waals surface area contributed by atoms with Crippen LogP contribution in [0, 0.1) is 12.3 Å². The van der Waals surface area contributed by atoms with Crippen LogP contribution in [-0.2, 0) is 0 Å². The van der Waals surface area contributed by atoms with E-state index in [4.69, 9.17) is 18.0 Å². The molecule has 14 heavy (non-hydrogen) atoms. The quantitative estimate of drug-likeness (QED) is 0.749. The monoisotopic (exact) mass is 207 g/mol. The molecule has 0 saturated carbocycles. The van der Waals surface area contributed by atoms with Gasteiger partial charge in [0, 0.05) is 5.02 Å². The van der Waals surface area contributed by atoms with Crippen LogP contribution in [0.4, 0.5) is 0 Å². The van der Waals surface area contributed by atoms with E-state index in [-0.39, 0.29) is 6.04 Å². The lowest BCUT2D eigenvalue weighted by molar-refractivity contribution is 0.626. The summed E-state index contributed by atoms with van der Waals surface area (Å²) in [5.41, 5.74) is 0.977. The summed E-state index contributed by atoms with van der Waals surface area (Å²) in [5, 5.41) is 3.98. The average molecular weight is 208 g/mol. The highest BCUT2D eigenvalue weighted by atomic mass is 35.5. The Balaban J connectivity index is 2.80. The zero-order chi connectivity index (χ0) is 10.4. The van der Waals surface area contributed by atoms with E-state index in [0.717, 1.165) is 23.6 Å². The van der Waals surface area contributed by atoms with Crippen molar-refractivity contribution in [1.29, 1.82) is 0 Å². The van der Waals surface area contributed by atoms with Crippen LogP contribution in [0.25, 0.3) is 0 Å². The molecule has 74 valence electrons. The Bertz CT molecular complexity index is 327. The zero-order valence-corrected chi connectivity index (χ0v) is 9.01. The maximum absolute atomic E-state index is 6.04. The van der Waals surface area contributed by atoms with E-state index < -0.39 is 0 Å². The second-order valence-corrected chi connectivity index (χ2v) is 3.48. The van der Waals surface area contributed by atoms with Crippen molar-refractivity contribution in [2.45, 2.75) is 19.4 Å². The fourth-order valence-electron chi connectivity index (χ4n) is 1.26. The number of halogens is 1. The average Bonchev–Trinajstić information content (AvgIpc) is 2.21. The minimum absolute atomic E-state index is 0.0800. The largest absolute Gasteiger partial charge is 0.300 e. The minimum Gasteiger partial charge on any atom is -0.300 e. The summed E-state index contributed by atoms with van der Waals surface area (Å²) in [6.07, 6.45) is 6.50. The number of hydrogen-bond acceptors (Lipinski definition) is 1. The first kappa shape index (κ1) is 11.1. The van der Waals surface area contributed by atoms with Gasteiger partial charge < -0.3 is 0 Å². The first-order chi connectivity index (χ1) is 6.79. The number of nitrogens with one attached hydrogen (secondary N) is 1. The third-order valence-corrected chi connectivity index (χ3v) is 2.33. The molecule has 1 aromatic carbocycles. The van der Waals surface area contributed by atoms with Gasteiger partial charge in [-0.1, -0.05) is 42.6 Å². The van der Waals surface area contributed by atoms with E-state index in [0.29, 0.717) is 0 Å². The molecule has 2 heteroatoms. The van der Waals surface area contributed by atoms with Gasteiger partial charge in [-0.15, -0.1) is 6.42 Å². The van der Waals surface area contributed by atoms with Crippen molar-refractivity contribution in [3.8, 4) is 12.3 Å². The molecule has 1 unspecified atom stereocenters. The Morgan fingerprint density at radius 1 is 1.50 bits per heavy atom. The van der Waals surface area contributed by atoms with E-state index in [1.54, 1.807) is 0 Å². The summed E-state index contributed by atoms with van der Waals surface area (Å²) >= 11 is 6.04. The summed E-state index contributed by atoms with van der Waals surface area (Å²) in [4.78, 5) is 0. The van der Waals surface area contributed by atoms with Crippen LogP contribution >= 0.6 is 11.6 Å². The van der Waals surface area contributed by atoms with Gasteiger partial charge in [-0.25, -0.2) is 0 Å².